The largest absolute Gasteiger partial charge is 0.379 e. The van der Waals surface area contributed by atoms with E-state index >= 15 is 0 Å². The normalized spacial score (nSPS) is 8.92. The smallest absolute Gasteiger partial charge is 0.341 e. The first-order valence-electron chi connectivity index (χ1n) is 3.52. The van der Waals surface area contributed by atoms with Gasteiger partial charge in [0, 0.05) is 0 Å². The Labute approximate surface area is 74.4 Å². The molecule has 0 fully saturated rings. The molecule has 5 heteroatoms. The molecule has 0 atom stereocenters. The number of rotatable bonds is 2. The molecule has 0 aliphatic heterocycles. The Kier molecular flexibility index (Phi) is 2.86. The summed E-state index contributed by atoms with van der Waals surface area (Å²) in [4.78, 5) is 25.6. The van der Waals surface area contributed by atoms with Crippen LogP contribution in [0, 0.1) is 0 Å². The molecule has 13 heavy (non-hydrogen) atoms. The predicted molar refractivity (Wildman–Crippen MR) is 44.4 cm³/mol. The van der Waals surface area contributed by atoms with Crippen LogP contribution in [0.15, 0.2) is 30.3 Å². The van der Waals surface area contributed by atoms with Gasteiger partial charge in [-0.05, 0) is 12.1 Å². The third-order valence-corrected chi connectivity index (χ3v) is 1.23. The molecule has 68 valence electrons. The summed E-state index contributed by atoms with van der Waals surface area (Å²) >= 11 is 0. The molecule has 1 rings (SSSR count). The molecule has 5 nitrogen and oxygen atoms in total. The highest BCUT2D eigenvalue weighted by Crippen LogP contribution is 2.05. The van der Waals surface area contributed by atoms with E-state index < -0.39 is 11.8 Å². The van der Waals surface area contributed by atoms with Gasteiger partial charge in [0.15, 0.2) is 5.75 Å². The summed E-state index contributed by atoms with van der Waals surface area (Å²) in [7, 11) is 0. The molecule has 0 aromatic heterocycles. The second-order valence-electron chi connectivity index (χ2n) is 2.21. The summed E-state index contributed by atoms with van der Waals surface area (Å²) in [6.45, 7) is 0. The van der Waals surface area contributed by atoms with Crippen molar-refractivity contribution >= 4 is 11.8 Å². The first kappa shape index (κ1) is 9.05. The Morgan fingerprint density at radius 1 is 1.23 bits per heavy atom. The molecule has 1 aromatic rings. The lowest BCUT2D eigenvalue weighted by Gasteiger charge is -2.03. The molecule has 0 saturated heterocycles. The number of nitrogens with one attached hydrogen (secondary N) is 1. The summed E-state index contributed by atoms with van der Waals surface area (Å²) in [5, 5.41) is 0. The van der Waals surface area contributed by atoms with Crippen LogP contribution in [0.3, 0.4) is 0 Å². The zero-order valence-electron chi connectivity index (χ0n) is 6.69. The van der Waals surface area contributed by atoms with Gasteiger partial charge in [0.25, 0.3) is 0 Å². The van der Waals surface area contributed by atoms with E-state index in [1.54, 1.807) is 30.3 Å². The van der Waals surface area contributed by atoms with Gasteiger partial charge in [-0.3, -0.25) is 9.59 Å². The quantitative estimate of drug-likeness (QED) is 0.479. The Bertz CT molecular complexity index is 310. The van der Waals surface area contributed by atoms with E-state index in [9.17, 15) is 9.59 Å². The molecule has 0 aliphatic carbocycles. The molecule has 0 unspecified atom stereocenters. The van der Waals surface area contributed by atoms with Crippen molar-refractivity contribution in [2.45, 2.75) is 0 Å². The van der Waals surface area contributed by atoms with Crippen LogP contribution in [0.25, 0.3) is 0 Å². The fourth-order valence-corrected chi connectivity index (χ4v) is 0.644. The van der Waals surface area contributed by atoms with Gasteiger partial charge >= 0.3 is 11.8 Å². The number of para-hydroxylation sites is 1. The second-order valence-corrected chi connectivity index (χ2v) is 2.21. The van der Waals surface area contributed by atoms with Crippen LogP contribution in [0.2, 0.25) is 0 Å². The topological polar surface area (TPSA) is 81.4 Å². The van der Waals surface area contributed by atoms with Crippen molar-refractivity contribution < 1.29 is 14.4 Å². The Balaban J connectivity index is 2.44. The molecule has 0 bridgehead atoms. The molecule has 2 amide bonds. The summed E-state index contributed by atoms with van der Waals surface area (Å²) < 4.78 is 0. The van der Waals surface area contributed by atoms with Gasteiger partial charge < -0.3 is 10.6 Å². The highest BCUT2D eigenvalue weighted by atomic mass is 16.7. The second kappa shape index (κ2) is 4.10. The SMILES string of the molecule is NC(=O)C(=O)NOc1ccccc1. The maximum Gasteiger partial charge on any atom is 0.341 e. The maximum absolute atomic E-state index is 10.6. The number of carbonyl (C=O) groups is 2. The minimum atomic E-state index is -1.09. The van der Waals surface area contributed by atoms with E-state index in [4.69, 9.17) is 4.84 Å². The monoisotopic (exact) mass is 180 g/mol. The van der Waals surface area contributed by atoms with Gasteiger partial charge in [0.1, 0.15) is 0 Å². The molecular weight excluding hydrogens is 172 g/mol. The fraction of sp³-hybridized carbons (Fsp3) is 0. The van der Waals surface area contributed by atoms with Crippen molar-refractivity contribution in [1.82, 2.24) is 5.48 Å². The van der Waals surface area contributed by atoms with Crippen molar-refractivity contribution in [2.75, 3.05) is 0 Å². The van der Waals surface area contributed by atoms with Crippen molar-refractivity contribution in [3.63, 3.8) is 0 Å². The Morgan fingerprint density at radius 3 is 2.38 bits per heavy atom. The predicted octanol–water partition coefficient (Wildman–Crippen LogP) is -0.418. The minimum Gasteiger partial charge on any atom is -0.379 e. The van der Waals surface area contributed by atoms with Gasteiger partial charge in [-0.1, -0.05) is 18.2 Å². The minimum absolute atomic E-state index is 0.428. The maximum atomic E-state index is 10.6. The van der Waals surface area contributed by atoms with E-state index in [0.29, 0.717) is 5.75 Å². The number of amides is 2. The molecular formula is C8H8N2O3. The zero-order chi connectivity index (χ0) is 9.68. The number of carbonyl (C=O) groups excluding carboxylic acids is 2. The van der Waals surface area contributed by atoms with Crippen molar-refractivity contribution in [3.05, 3.63) is 30.3 Å². The molecule has 3 N–H and O–H groups in total. The number of benzene rings is 1. The number of hydrogen-bond donors (Lipinski definition) is 2. The first-order valence-corrected chi connectivity index (χ1v) is 3.52. The van der Waals surface area contributed by atoms with E-state index in [1.807, 2.05) is 5.48 Å². The van der Waals surface area contributed by atoms with Gasteiger partial charge in [-0.25, -0.2) is 0 Å². The van der Waals surface area contributed by atoms with Crippen molar-refractivity contribution in [3.8, 4) is 5.75 Å². The van der Waals surface area contributed by atoms with Crippen molar-refractivity contribution in [1.29, 1.82) is 0 Å². The summed E-state index contributed by atoms with van der Waals surface area (Å²) in [6.07, 6.45) is 0. The van der Waals surface area contributed by atoms with Crippen LogP contribution in [-0.4, -0.2) is 11.8 Å². The molecule has 0 aliphatic rings. The fourth-order valence-electron chi connectivity index (χ4n) is 0.644. The number of primary amides is 1. The van der Waals surface area contributed by atoms with Gasteiger partial charge in [-0.15, -0.1) is 0 Å². The van der Waals surface area contributed by atoms with Gasteiger partial charge in [0.2, 0.25) is 0 Å². The van der Waals surface area contributed by atoms with Crippen LogP contribution in [0.5, 0.6) is 5.75 Å². The standard InChI is InChI=1S/C8H8N2O3/c9-7(11)8(12)10-13-6-4-2-1-3-5-6/h1-5H,(H2,9,11)(H,10,12). The Hall–Kier alpha value is -2.04. The molecule has 0 heterocycles. The van der Waals surface area contributed by atoms with E-state index in [-0.39, 0.29) is 0 Å². The molecule has 0 saturated carbocycles. The van der Waals surface area contributed by atoms with E-state index in [0.717, 1.165) is 0 Å². The lowest BCUT2D eigenvalue weighted by atomic mass is 10.3. The highest BCUT2D eigenvalue weighted by Gasteiger charge is 2.07. The van der Waals surface area contributed by atoms with Gasteiger partial charge in [-0.2, -0.15) is 5.48 Å². The van der Waals surface area contributed by atoms with Crippen LogP contribution in [-0.2, 0) is 9.59 Å². The summed E-state index contributed by atoms with van der Waals surface area (Å²) in [6, 6.07) is 8.50. The van der Waals surface area contributed by atoms with E-state index in [1.165, 1.54) is 0 Å². The highest BCUT2D eigenvalue weighted by molar-refractivity contribution is 6.34. The van der Waals surface area contributed by atoms with E-state index in [2.05, 4.69) is 5.73 Å². The first-order chi connectivity index (χ1) is 6.20. The molecule has 0 radical (unpaired) electrons. The van der Waals surface area contributed by atoms with Gasteiger partial charge in [0.05, 0.1) is 0 Å². The Morgan fingerprint density at radius 2 is 1.85 bits per heavy atom. The van der Waals surface area contributed by atoms with Crippen LogP contribution < -0.4 is 16.1 Å². The number of nitrogens with two attached hydrogens (primary N) is 1. The number of hydrogen-bond acceptors (Lipinski definition) is 3. The number of hydroxylamine groups is 1. The van der Waals surface area contributed by atoms with Crippen LogP contribution in [0.1, 0.15) is 0 Å². The average molecular weight is 180 g/mol. The van der Waals surface area contributed by atoms with Crippen molar-refractivity contribution in [2.24, 2.45) is 5.73 Å². The zero-order valence-corrected chi connectivity index (χ0v) is 6.69. The third-order valence-electron chi connectivity index (χ3n) is 1.23. The molecule has 0 spiro atoms. The summed E-state index contributed by atoms with van der Waals surface area (Å²) in [5.41, 5.74) is 6.55. The molecule has 1 aromatic carbocycles. The third kappa shape index (κ3) is 2.82. The average Bonchev–Trinajstić information content (AvgIpc) is 2.15. The lowest BCUT2D eigenvalue weighted by molar-refractivity contribution is -0.141. The summed E-state index contributed by atoms with van der Waals surface area (Å²) in [5.74, 6) is -1.64. The van der Waals surface area contributed by atoms with Crippen LogP contribution in [0.4, 0.5) is 0 Å². The van der Waals surface area contributed by atoms with Crippen LogP contribution >= 0.6 is 0 Å². The lowest BCUT2D eigenvalue weighted by Crippen LogP contribution is -2.37.